The predicted molar refractivity (Wildman–Crippen MR) is 140 cm³/mol. The number of aryl methyl sites for hydroxylation is 1. The number of halogens is 4. The van der Waals surface area contributed by atoms with Gasteiger partial charge in [0.2, 0.25) is 0 Å². The summed E-state index contributed by atoms with van der Waals surface area (Å²) < 4.78 is 66.6. The van der Waals surface area contributed by atoms with Crippen LogP contribution in [0.15, 0.2) is 12.1 Å². The molecule has 0 bridgehead atoms. The van der Waals surface area contributed by atoms with Gasteiger partial charge in [-0.2, -0.15) is 0 Å². The fraction of sp³-hybridized carbons (Fsp3) is 0.625. The van der Waals surface area contributed by atoms with Crippen LogP contribution < -0.4 is 0 Å². The first-order valence-corrected chi connectivity index (χ1v) is 14.5. The normalized spacial score (nSPS) is 25.2. The Morgan fingerprint density at radius 1 is 0.730 bits per heavy atom. The third-order valence-electron chi connectivity index (χ3n) is 9.24. The van der Waals surface area contributed by atoms with Crippen LogP contribution >= 0.6 is 0 Å². The van der Waals surface area contributed by atoms with Gasteiger partial charge in [0, 0.05) is 11.1 Å². The van der Waals surface area contributed by atoms with Crippen LogP contribution in [0.25, 0.3) is 11.1 Å². The molecule has 2 aromatic carbocycles. The third kappa shape index (κ3) is 5.22. The number of fused-ring (bicyclic) bond motifs is 3. The molecule has 5 rings (SSSR count). The summed E-state index contributed by atoms with van der Waals surface area (Å²) in [5.41, 5.74) is 1.68. The van der Waals surface area contributed by atoms with Gasteiger partial charge in [-0.25, -0.2) is 17.6 Å². The van der Waals surface area contributed by atoms with E-state index in [1.54, 1.807) is 12.1 Å². The van der Waals surface area contributed by atoms with Gasteiger partial charge in [-0.15, -0.1) is 0 Å². The Hall–Kier alpha value is -1.88. The van der Waals surface area contributed by atoms with Gasteiger partial charge in [-0.3, -0.25) is 0 Å². The Labute approximate surface area is 219 Å². The number of hydrogen-bond donors (Lipinski definition) is 0. The first-order valence-electron chi connectivity index (χ1n) is 14.5. The van der Waals surface area contributed by atoms with Crippen LogP contribution in [0.2, 0.25) is 0 Å². The van der Waals surface area contributed by atoms with Crippen molar-refractivity contribution < 1.29 is 22.3 Å². The fourth-order valence-corrected chi connectivity index (χ4v) is 7.16. The molecule has 0 amide bonds. The Kier molecular flexibility index (Phi) is 8.28. The first kappa shape index (κ1) is 26.7. The van der Waals surface area contributed by atoms with E-state index in [-0.39, 0.29) is 17.0 Å². The number of rotatable bonds is 8. The summed E-state index contributed by atoms with van der Waals surface area (Å²) in [6.45, 7) is 4.95. The molecule has 1 saturated heterocycles. The van der Waals surface area contributed by atoms with Crippen LogP contribution in [0.4, 0.5) is 17.6 Å². The van der Waals surface area contributed by atoms with Crippen molar-refractivity contribution in [3.63, 3.8) is 0 Å². The van der Waals surface area contributed by atoms with Crippen LogP contribution in [-0.2, 0) is 17.6 Å². The van der Waals surface area contributed by atoms with Crippen LogP contribution in [0.5, 0.6) is 0 Å². The molecular weight excluding hydrogens is 476 g/mol. The molecule has 1 heterocycles. The largest absolute Gasteiger partial charge is 0.378 e. The standard InChI is InChI=1S/C32H40F4O/c1-3-5-6-8-25-14-13-22(18-37-25)19-9-11-20(12-10-19)26-17-24-16-23-15-21(7-4-2)29(33)31(35)27(23)28(24)32(36)30(26)34/h15,17,19-20,22,25H,3-14,16,18H2,1-2H3. The molecule has 2 aromatic rings. The molecule has 0 N–H and O–H groups in total. The molecule has 0 spiro atoms. The minimum atomic E-state index is -1.05. The van der Waals surface area contributed by atoms with Crippen molar-refractivity contribution in [1.82, 2.24) is 0 Å². The van der Waals surface area contributed by atoms with Crippen molar-refractivity contribution in [2.75, 3.05) is 6.61 Å². The van der Waals surface area contributed by atoms with Gasteiger partial charge in [-0.1, -0.05) is 51.7 Å². The summed E-state index contributed by atoms with van der Waals surface area (Å²) in [4.78, 5) is 0. The monoisotopic (exact) mass is 516 g/mol. The molecule has 1 aliphatic heterocycles. The van der Waals surface area contributed by atoms with E-state index in [4.69, 9.17) is 4.74 Å². The van der Waals surface area contributed by atoms with Crippen LogP contribution in [0.3, 0.4) is 0 Å². The van der Waals surface area contributed by atoms with Gasteiger partial charge in [0.1, 0.15) is 0 Å². The Bertz CT molecular complexity index is 1110. The molecule has 2 fully saturated rings. The summed E-state index contributed by atoms with van der Waals surface area (Å²) >= 11 is 0. The average molecular weight is 517 g/mol. The van der Waals surface area contributed by atoms with Crippen LogP contribution in [0.1, 0.15) is 113 Å². The molecule has 1 nitrogen and oxygen atoms in total. The molecule has 0 radical (unpaired) electrons. The maximum absolute atomic E-state index is 15.4. The van der Waals surface area contributed by atoms with E-state index < -0.39 is 23.3 Å². The summed E-state index contributed by atoms with van der Waals surface area (Å²) in [5.74, 6) is -2.79. The van der Waals surface area contributed by atoms with E-state index >= 15 is 8.78 Å². The molecule has 202 valence electrons. The number of unbranched alkanes of at least 4 members (excludes halogenated alkanes) is 2. The second-order valence-electron chi connectivity index (χ2n) is 11.7. The van der Waals surface area contributed by atoms with Crippen molar-refractivity contribution in [3.05, 3.63) is 57.7 Å². The molecule has 2 atom stereocenters. The molecular formula is C32H40F4O. The maximum Gasteiger partial charge on any atom is 0.167 e. The number of hydrogen-bond acceptors (Lipinski definition) is 1. The topological polar surface area (TPSA) is 9.23 Å². The summed E-state index contributed by atoms with van der Waals surface area (Å²) in [7, 11) is 0. The predicted octanol–water partition coefficient (Wildman–Crippen LogP) is 9.42. The van der Waals surface area contributed by atoms with Crippen molar-refractivity contribution in [2.45, 2.75) is 109 Å². The highest BCUT2D eigenvalue weighted by atomic mass is 19.2. The number of ether oxygens (including phenoxy) is 1. The summed E-state index contributed by atoms with van der Waals surface area (Å²) in [5, 5.41) is 0. The average Bonchev–Trinajstić information content (AvgIpc) is 3.28. The van der Waals surface area contributed by atoms with E-state index in [9.17, 15) is 8.78 Å². The van der Waals surface area contributed by atoms with Crippen molar-refractivity contribution in [2.24, 2.45) is 11.8 Å². The highest BCUT2D eigenvalue weighted by Crippen LogP contribution is 2.47. The van der Waals surface area contributed by atoms with Crippen molar-refractivity contribution in [3.8, 4) is 11.1 Å². The van der Waals surface area contributed by atoms with E-state index in [2.05, 4.69) is 6.92 Å². The van der Waals surface area contributed by atoms with Crippen molar-refractivity contribution >= 4 is 0 Å². The lowest BCUT2D eigenvalue weighted by Crippen LogP contribution is -2.32. The van der Waals surface area contributed by atoms with Gasteiger partial charge < -0.3 is 4.74 Å². The minimum absolute atomic E-state index is 0.0386. The van der Waals surface area contributed by atoms with Crippen molar-refractivity contribution in [1.29, 1.82) is 0 Å². The highest BCUT2D eigenvalue weighted by Gasteiger charge is 2.36. The second-order valence-corrected chi connectivity index (χ2v) is 11.7. The fourth-order valence-electron chi connectivity index (χ4n) is 7.16. The molecule has 5 heteroatoms. The SMILES string of the molecule is CCCCCC1CCC(C2CCC(c3cc4c(c(F)c3F)-c3c(cc(CCC)c(F)c3F)C4)CC2)CO1. The zero-order valence-electron chi connectivity index (χ0n) is 22.3. The molecule has 2 unspecified atom stereocenters. The molecule has 37 heavy (non-hydrogen) atoms. The third-order valence-corrected chi connectivity index (χ3v) is 9.24. The lowest BCUT2D eigenvalue weighted by atomic mass is 9.72. The lowest BCUT2D eigenvalue weighted by Gasteiger charge is -2.38. The molecule has 0 aromatic heterocycles. The van der Waals surface area contributed by atoms with Gasteiger partial charge >= 0.3 is 0 Å². The van der Waals surface area contributed by atoms with E-state index in [0.29, 0.717) is 59.5 Å². The summed E-state index contributed by atoms with van der Waals surface area (Å²) in [6.07, 6.45) is 12.7. The van der Waals surface area contributed by atoms with Gasteiger partial charge in [-0.05, 0) is 97.8 Å². The van der Waals surface area contributed by atoms with Gasteiger partial charge in [0.25, 0.3) is 0 Å². The number of benzene rings is 2. The smallest absolute Gasteiger partial charge is 0.167 e. The van der Waals surface area contributed by atoms with Crippen LogP contribution in [-0.4, -0.2) is 12.7 Å². The zero-order valence-corrected chi connectivity index (χ0v) is 22.3. The lowest BCUT2D eigenvalue weighted by molar-refractivity contribution is -0.0415. The Morgan fingerprint density at radius 3 is 2.05 bits per heavy atom. The minimum Gasteiger partial charge on any atom is -0.378 e. The molecule has 3 aliphatic rings. The van der Waals surface area contributed by atoms with E-state index in [1.165, 1.54) is 25.7 Å². The second kappa shape index (κ2) is 11.5. The van der Waals surface area contributed by atoms with Crippen LogP contribution in [0, 0.1) is 35.1 Å². The first-order chi connectivity index (χ1) is 17.9. The quantitative estimate of drug-likeness (QED) is 0.214. The maximum atomic E-state index is 15.4. The Balaban J connectivity index is 1.26. The van der Waals surface area contributed by atoms with Gasteiger partial charge in [0.05, 0.1) is 12.7 Å². The summed E-state index contributed by atoms with van der Waals surface area (Å²) in [6, 6.07) is 3.38. The van der Waals surface area contributed by atoms with Gasteiger partial charge in [0.15, 0.2) is 23.3 Å². The molecule has 2 aliphatic carbocycles. The van der Waals surface area contributed by atoms with E-state index in [1.807, 2.05) is 6.92 Å². The van der Waals surface area contributed by atoms with E-state index in [0.717, 1.165) is 45.1 Å². The molecule has 1 saturated carbocycles. The Morgan fingerprint density at radius 2 is 1.41 bits per heavy atom. The zero-order chi connectivity index (χ0) is 26.1. The highest BCUT2D eigenvalue weighted by molar-refractivity contribution is 5.79.